The van der Waals surface area contributed by atoms with Crippen molar-refractivity contribution in [1.29, 1.82) is 0 Å². The number of likely N-dealkylation sites (N-methyl/N-ethyl adjacent to an activating group) is 1. The first-order chi connectivity index (χ1) is 14.9. The maximum Gasteiger partial charge on any atom is 0.321 e. The maximum absolute atomic E-state index is 13.8. The molecular weight excluding hydrogens is 421 g/mol. The Morgan fingerprint density at radius 3 is 2.65 bits per heavy atom. The van der Waals surface area contributed by atoms with E-state index >= 15 is 0 Å². The molecule has 0 unspecified atom stereocenters. The summed E-state index contributed by atoms with van der Waals surface area (Å²) in [6, 6.07) is 10.1. The number of methoxy groups -OCH3 is 2. The fourth-order valence-electron chi connectivity index (χ4n) is 5.02. The normalized spacial score (nSPS) is 23.4. The standard InChI is InChI=1S/C23H27ClFN3O3/c1-27-12-16-8-9-28(22(29)26-17-5-6-18(24)19(25)11-17)14-23(16,13-27)15-4-7-20(30-2)21(10-15)31-3/h4-7,10-11,16H,8-9,12-14H2,1-3H3,(H,26,29)/t16-,23-/m1/s1. The van der Waals surface area contributed by atoms with Crippen molar-refractivity contribution in [2.24, 2.45) is 5.92 Å². The van der Waals surface area contributed by atoms with Crippen molar-refractivity contribution < 1.29 is 18.7 Å². The molecular formula is C23H27ClFN3O3. The number of amides is 2. The molecule has 31 heavy (non-hydrogen) atoms. The minimum absolute atomic E-state index is 0.0280. The lowest BCUT2D eigenvalue weighted by Crippen LogP contribution is -2.54. The quantitative estimate of drug-likeness (QED) is 0.762. The number of halogens is 2. The highest BCUT2D eigenvalue weighted by Crippen LogP contribution is 2.46. The number of rotatable bonds is 4. The summed E-state index contributed by atoms with van der Waals surface area (Å²) in [6.45, 7) is 3.04. The molecule has 6 nitrogen and oxygen atoms in total. The van der Waals surface area contributed by atoms with Gasteiger partial charge in [-0.05, 0) is 55.3 Å². The molecule has 0 saturated carbocycles. The summed E-state index contributed by atoms with van der Waals surface area (Å²) in [5.74, 6) is 1.23. The number of urea groups is 1. The van der Waals surface area contributed by atoms with Gasteiger partial charge in [0.05, 0.1) is 19.2 Å². The second kappa shape index (κ2) is 8.55. The van der Waals surface area contributed by atoms with Crippen LogP contribution in [0.3, 0.4) is 0 Å². The lowest BCUT2D eigenvalue weighted by molar-refractivity contribution is 0.138. The molecule has 2 amide bonds. The third-order valence-corrected chi connectivity index (χ3v) is 6.81. The predicted octanol–water partition coefficient (Wildman–Crippen LogP) is 4.23. The molecule has 2 aliphatic heterocycles. The number of hydrogen-bond donors (Lipinski definition) is 1. The Balaban J connectivity index is 1.61. The number of anilines is 1. The van der Waals surface area contributed by atoms with Crippen LogP contribution in [-0.2, 0) is 5.41 Å². The van der Waals surface area contributed by atoms with Crippen molar-refractivity contribution in [3.8, 4) is 11.5 Å². The first-order valence-electron chi connectivity index (χ1n) is 10.3. The summed E-state index contributed by atoms with van der Waals surface area (Å²) in [6.07, 6.45) is 0.890. The number of fused-ring (bicyclic) bond motifs is 1. The Kier molecular flexibility index (Phi) is 5.99. The SMILES string of the molecule is COc1ccc([C@]23CN(C)C[C@H]2CCN(C(=O)Nc2ccc(Cl)c(F)c2)C3)cc1OC. The highest BCUT2D eigenvalue weighted by molar-refractivity contribution is 6.30. The van der Waals surface area contributed by atoms with Crippen LogP contribution >= 0.6 is 11.6 Å². The summed E-state index contributed by atoms with van der Waals surface area (Å²) in [5.41, 5.74) is 1.31. The number of nitrogens with one attached hydrogen (secondary N) is 1. The molecule has 2 aromatic rings. The van der Waals surface area contributed by atoms with Gasteiger partial charge in [0, 0.05) is 37.3 Å². The number of carbonyl (C=O) groups excluding carboxylic acids is 1. The van der Waals surface area contributed by atoms with Gasteiger partial charge >= 0.3 is 6.03 Å². The van der Waals surface area contributed by atoms with Crippen LogP contribution in [0.4, 0.5) is 14.9 Å². The topological polar surface area (TPSA) is 54.0 Å². The van der Waals surface area contributed by atoms with E-state index in [1.165, 1.54) is 12.1 Å². The van der Waals surface area contributed by atoms with Crippen LogP contribution in [-0.4, -0.2) is 63.3 Å². The van der Waals surface area contributed by atoms with E-state index in [4.69, 9.17) is 21.1 Å². The summed E-state index contributed by atoms with van der Waals surface area (Å²) >= 11 is 5.75. The molecule has 0 radical (unpaired) electrons. The van der Waals surface area contributed by atoms with Crippen LogP contribution in [0.2, 0.25) is 5.02 Å². The zero-order chi connectivity index (χ0) is 22.2. The molecule has 0 aromatic heterocycles. The van der Waals surface area contributed by atoms with Gasteiger partial charge in [0.1, 0.15) is 5.82 Å². The molecule has 2 aliphatic rings. The molecule has 2 saturated heterocycles. The number of likely N-dealkylation sites (tertiary alicyclic amines) is 2. The molecule has 0 aliphatic carbocycles. The molecule has 8 heteroatoms. The van der Waals surface area contributed by atoms with Gasteiger partial charge in [-0.2, -0.15) is 0 Å². The van der Waals surface area contributed by atoms with Crippen LogP contribution in [0.1, 0.15) is 12.0 Å². The Morgan fingerprint density at radius 2 is 1.94 bits per heavy atom. The molecule has 0 bridgehead atoms. The second-order valence-electron chi connectivity index (χ2n) is 8.39. The minimum Gasteiger partial charge on any atom is -0.493 e. The average molecular weight is 448 g/mol. The fraction of sp³-hybridized carbons (Fsp3) is 0.435. The Morgan fingerprint density at radius 1 is 1.16 bits per heavy atom. The number of benzene rings is 2. The van der Waals surface area contributed by atoms with Gasteiger partial charge in [0.25, 0.3) is 0 Å². The van der Waals surface area contributed by atoms with E-state index in [0.29, 0.717) is 36.2 Å². The summed E-state index contributed by atoms with van der Waals surface area (Å²) in [4.78, 5) is 17.2. The highest BCUT2D eigenvalue weighted by Gasteiger charge is 2.51. The molecule has 2 fully saturated rings. The van der Waals surface area contributed by atoms with Gasteiger partial charge in [-0.15, -0.1) is 0 Å². The van der Waals surface area contributed by atoms with Crippen LogP contribution in [0.15, 0.2) is 36.4 Å². The smallest absolute Gasteiger partial charge is 0.321 e. The van der Waals surface area contributed by atoms with Gasteiger partial charge in [-0.1, -0.05) is 17.7 Å². The van der Waals surface area contributed by atoms with E-state index in [9.17, 15) is 9.18 Å². The van der Waals surface area contributed by atoms with Crippen molar-refractivity contribution in [3.05, 3.63) is 52.8 Å². The summed E-state index contributed by atoms with van der Waals surface area (Å²) in [5, 5.41) is 2.84. The molecule has 2 atom stereocenters. The molecule has 2 aromatic carbocycles. The lowest BCUT2D eigenvalue weighted by Gasteiger charge is -2.44. The van der Waals surface area contributed by atoms with Crippen LogP contribution in [0.25, 0.3) is 0 Å². The summed E-state index contributed by atoms with van der Waals surface area (Å²) in [7, 11) is 5.36. The van der Waals surface area contributed by atoms with E-state index < -0.39 is 5.82 Å². The van der Waals surface area contributed by atoms with E-state index in [0.717, 1.165) is 25.1 Å². The molecule has 4 rings (SSSR count). The zero-order valence-corrected chi connectivity index (χ0v) is 18.7. The van der Waals surface area contributed by atoms with Crippen molar-refractivity contribution in [1.82, 2.24) is 9.80 Å². The first-order valence-corrected chi connectivity index (χ1v) is 10.7. The molecule has 0 spiro atoms. The van der Waals surface area contributed by atoms with Crippen molar-refractivity contribution >= 4 is 23.3 Å². The predicted molar refractivity (Wildman–Crippen MR) is 119 cm³/mol. The van der Waals surface area contributed by atoms with Crippen molar-refractivity contribution in [2.45, 2.75) is 11.8 Å². The van der Waals surface area contributed by atoms with Gasteiger partial charge in [0.15, 0.2) is 11.5 Å². The van der Waals surface area contributed by atoms with Crippen molar-refractivity contribution in [2.75, 3.05) is 52.8 Å². The average Bonchev–Trinajstić information content (AvgIpc) is 3.11. The Bertz CT molecular complexity index is 989. The molecule has 166 valence electrons. The number of ether oxygens (including phenoxy) is 2. The molecule has 2 heterocycles. The van der Waals surface area contributed by atoms with Gasteiger partial charge < -0.3 is 24.6 Å². The first kappa shape index (κ1) is 21.7. The Labute approximate surface area is 186 Å². The number of carbonyl (C=O) groups is 1. The largest absolute Gasteiger partial charge is 0.493 e. The number of nitrogens with zero attached hydrogens (tertiary/aromatic N) is 2. The third kappa shape index (κ3) is 4.04. The van der Waals surface area contributed by atoms with Crippen LogP contribution in [0, 0.1) is 11.7 Å². The summed E-state index contributed by atoms with van der Waals surface area (Å²) < 4.78 is 24.7. The fourth-order valence-corrected chi connectivity index (χ4v) is 5.14. The van der Waals surface area contributed by atoms with E-state index in [2.05, 4.69) is 23.3 Å². The molecule has 1 N–H and O–H groups in total. The van der Waals surface area contributed by atoms with Crippen LogP contribution in [0.5, 0.6) is 11.5 Å². The maximum atomic E-state index is 13.8. The monoisotopic (exact) mass is 447 g/mol. The second-order valence-corrected chi connectivity index (χ2v) is 8.80. The number of piperidine rings is 1. The number of hydrogen-bond acceptors (Lipinski definition) is 4. The van der Waals surface area contributed by atoms with Gasteiger partial charge in [-0.3, -0.25) is 0 Å². The highest BCUT2D eigenvalue weighted by atomic mass is 35.5. The lowest BCUT2D eigenvalue weighted by atomic mass is 9.68. The zero-order valence-electron chi connectivity index (χ0n) is 18.0. The van der Waals surface area contributed by atoms with E-state index in [1.54, 1.807) is 20.3 Å². The van der Waals surface area contributed by atoms with Crippen molar-refractivity contribution in [3.63, 3.8) is 0 Å². The van der Waals surface area contributed by atoms with E-state index in [-0.39, 0.29) is 16.5 Å². The van der Waals surface area contributed by atoms with Gasteiger partial charge in [0.2, 0.25) is 0 Å². The third-order valence-electron chi connectivity index (χ3n) is 6.50. The van der Waals surface area contributed by atoms with E-state index in [1.807, 2.05) is 17.0 Å². The van der Waals surface area contributed by atoms with Gasteiger partial charge in [-0.25, -0.2) is 9.18 Å². The minimum atomic E-state index is -0.558. The van der Waals surface area contributed by atoms with Crippen LogP contribution < -0.4 is 14.8 Å². The Hall–Kier alpha value is -2.51.